The number of para-hydroxylation sites is 1. The fourth-order valence-electron chi connectivity index (χ4n) is 1.83. The van der Waals surface area contributed by atoms with Crippen LogP contribution < -0.4 is 16.0 Å². The summed E-state index contributed by atoms with van der Waals surface area (Å²) >= 11 is 0. The minimum absolute atomic E-state index is 0.0556. The zero-order chi connectivity index (χ0) is 13.7. The summed E-state index contributed by atoms with van der Waals surface area (Å²) in [4.78, 5) is 11.2. The van der Waals surface area contributed by atoms with Crippen LogP contribution >= 0.6 is 0 Å². The standard InChI is InChI=1S/C14H22N2O2/c1-9(2)11-6-5-7-12(10(3)4)14(11)18-8-13(17)16-15/h5-7,9-10H,8,15H2,1-4H3,(H,16,17). The van der Waals surface area contributed by atoms with E-state index in [1.807, 2.05) is 18.2 Å². The molecule has 0 saturated carbocycles. The molecule has 1 amide bonds. The summed E-state index contributed by atoms with van der Waals surface area (Å²) in [5, 5.41) is 0. The number of ether oxygens (including phenoxy) is 1. The molecule has 0 radical (unpaired) electrons. The third-order valence-electron chi connectivity index (χ3n) is 2.83. The predicted octanol–water partition coefficient (Wildman–Crippen LogP) is 2.30. The van der Waals surface area contributed by atoms with Gasteiger partial charge >= 0.3 is 0 Å². The summed E-state index contributed by atoms with van der Waals surface area (Å²) < 4.78 is 5.65. The molecule has 0 saturated heterocycles. The lowest BCUT2D eigenvalue weighted by atomic mass is 9.94. The van der Waals surface area contributed by atoms with Gasteiger partial charge in [-0.3, -0.25) is 10.2 Å². The molecule has 0 heterocycles. The predicted molar refractivity (Wildman–Crippen MR) is 72.4 cm³/mol. The molecule has 1 rings (SSSR count). The lowest BCUT2D eigenvalue weighted by Crippen LogP contribution is -2.34. The Labute approximate surface area is 108 Å². The summed E-state index contributed by atoms with van der Waals surface area (Å²) in [6, 6.07) is 6.10. The second-order valence-corrected chi connectivity index (χ2v) is 4.93. The van der Waals surface area contributed by atoms with Crippen molar-refractivity contribution in [3.8, 4) is 5.75 Å². The average molecular weight is 250 g/mol. The molecule has 0 spiro atoms. The van der Waals surface area contributed by atoms with Crippen LogP contribution in [0.15, 0.2) is 18.2 Å². The number of amides is 1. The number of nitrogens with two attached hydrogens (primary N) is 1. The Balaban J connectivity index is 3.06. The minimum Gasteiger partial charge on any atom is -0.483 e. The van der Waals surface area contributed by atoms with E-state index in [1.165, 1.54) is 0 Å². The van der Waals surface area contributed by atoms with Crippen LogP contribution in [0.1, 0.15) is 50.7 Å². The molecule has 0 aliphatic carbocycles. The molecule has 100 valence electrons. The van der Waals surface area contributed by atoms with E-state index in [0.29, 0.717) is 11.8 Å². The zero-order valence-electron chi connectivity index (χ0n) is 11.5. The first-order valence-corrected chi connectivity index (χ1v) is 6.22. The van der Waals surface area contributed by atoms with Crippen molar-refractivity contribution >= 4 is 5.91 Å². The van der Waals surface area contributed by atoms with Crippen molar-refractivity contribution < 1.29 is 9.53 Å². The van der Waals surface area contributed by atoms with Gasteiger partial charge in [0.15, 0.2) is 6.61 Å². The molecule has 3 N–H and O–H groups in total. The van der Waals surface area contributed by atoms with Gasteiger partial charge in [0.25, 0.3) is 5.91 Å². The number of carbonyl (C=O) groups excluding carboxylic acids is 1. The Morgan fingerprint density at radius 3 is 2.11 bits per heavy atom. The lowest BCUT2D eigenvalue weighted by Gasteiger charge is -2.19. The molecule has 0 aliphatic rings. The van der Waals surface area contributed by atoms with Gasteiger partial charge in [-0.1, -0.05) is 45.9 Å². The quantitative estimate of drug-likeness (QED) is 0.479. The highest BCUT2D eigenvalue weighted by molar-refractivity contribution is 5.76. The van der Waals surface area contributed by atoms with E-state index >= 15 is 0 Å². The smallest absolute Gasteiger partial charge is 0.271 e. The highest BCUT2D eigenvalue weighted by Crippen LogP contribution is 2.34. The zero-order valence-corrected chi connectivity index (χ0v) is 11.5. The second-order valence-electron chi connectivity index (χ2n) is 4.93. The van der Waals surface area contributed by atoms with Crippen LogP contribution in [-0.2, 0) is 4.79 Å². The normalized spacial score (nSPS) is 10.8. The number of hydrazine groups is 1. The average Bonchev–Trinajstić information content (AvgIpc) is 2.34. The van der Waals surface area contributed by atoms with Crippen LogP contribution in [0.3, 0.4) is 0 Å². The fraction of sp³-hybridized carbons (Fsp3) is 0.500. The van der Waals surface area contributed by atoms with Crippen LogP contribution in [0, 0.1) is 0 Å². The van der Waals surface area contributed by atoms with Crippen LogP contribution in [0.5, 0.6) is 5.75 Å². The third kappa shape index (κ3) is 3.47. The van der Waals surface area contributed by atoms with Crippen molar-refractivity contribution in [3.05, 3.63) is 29.3 Å². The third-order valence-corrected chi connectivity index (χ3v) is 2.83. The molecule has 0 unspecified atom stereocenters. The monoisotopic (exact) mass is 250 g/mol. The second kappa shape index (κ2) is 6.40. The molecule has 18 heavy (non-hydrogen) atoms. The number of benzene rings is 1. The van der Waals surface area contributed by atoms with Crippen LogP contribution in [0.2, 0.25) is 0 Å². The first kappa shape index (κ1) is 14.5. The molecule has 1 aromatic rings. The van der Waals surface area contributed by atoms with E-state index in [4.69, 9.17) is 10.6 Å². The van der Waals surface area contributed by atoms with Crippen molar-refractivity contribution in [2.75, 3.05) is 6.61 Å². The number of nitrogens with one attached hydrogen (secondary N) is 1. The maximum Gasteiger partial charge on any atom is 0.271 e. The van der Waals surface area contributed by atoms with Gasteiger partial charge in [0.2, 0.25) is 0 Å². The van der Waals surface area contributed by atoms with Gasteiger partial charge in [-0.25, -0.2) is 5.84 Å². The molecular weight excluding hydrogens is 228 g/mol. The van der Waals surface area contributed by atoms with Gasteiger partial charge in [-0.2, -0.15) is 0 Å². The Hall–Kier alpha value is -1.55. The molecule has 4 heteroatoms. The first-order valence-electron chi connectivity index (χ1n) is 6.22. The molecule has 0 aliphatic heterocycles. The number of hydrogen-bond donors (Lipinski definition) is 2. The summed E-state index contributed by atoms with van der Waals surface area (Å²) in [6.45, 7) is 8.37. The Bertz CT molecular complexity index is 388. The molecular formula is C14H22N2O2. The van der Waals surface area contributed by atoms with E-state index in [-0.39, 0.29) is 12.5 Å². The Kier molecular flexibility index (Phi) is 5.16. The SMILES string of the molecule is CC(C)c1cccc(C(C)C)c1OCC(=O)NN. The number of hydrogen-bond acceptors (Lipinski definition) is 3. The van der Waals surface area contributed by atoms with Gasteiger partial charge in [-0.15, -0.1) is 0 Å². The van der Waals surface area contributed by atoms with E-state index in [9.17, 15) is 4.79 Å². The van der Waals surface area contributed by atoms with Crippen molar-refractivity contribution in [2.24, 2.45) is 5.84 Å². The van der Waals surface area contributed by atoms with E-state index in [1.54, 1.807) is 0 Å². The van der Waals surface area contributed by atoms with Crippen LogP contribution in [-0.4, -0.2) is 12.5 Å². The number of carbonyl (C=O) groups is 1. The molecule has 0 atom stereocenters. The first-order chi connectivity index (χ1) is 8.47. The van der Waals surface area contributed by atoms with Crippen LogP contribution in [0.4, 0.5) is 0 Å². The van der Waals surface area contributed by atoms with Crippen molar-refractivity contribution in [1.82, 2.24) is 5.43 Å². The Morgan fingerprint density at radius 2 is 1.72 bits per heavy atom. The highest BCUT2D eigenvalue weighted by atomic mass is 16.5. The van der Waals surface area contributed by atoms with Crippen molar-refractivity contribution in [1.29, 1.82) is 0 Å². The topological polar surface area (TPSA) is 64.3 Å². The molecule has 0 fully saturated rings. The van der Waals surface area contributed by atoms with Gasteiger partial charge < -0.3 is 4.74 Å². The van der Waals surface area contributed by atoms with E-state index in [2.05, 4.69) is 33.1 Å². The van der Waals surface area contributed by atoms with E-state index < -0.39 is 0 Å². The molecule has 4 nitrogen and oxygen atoms in total. The molecule has 1 aromatic carbocycles. The summed E-state index contributed by atoms with van der Waals surface area (Å²) in [5.74, 6) is 6.23. The van der Waals surface area contributed by atoms with Crippen LogP contribution in [0.25, 0.3) is 0 Å². The molecule has 0 bridgehead atoms. The molecule has 0 aromatic heterocycles. The minimum atomic E-state index is -0.330. The van der Waals surface area contributed by atoms with Gasteiger partial charge in [0.1, 0.15) is 5.75 Å². The maximum absolute atomic E-state index is 11.2. The fourth-order valence-corrected chi connectivity index (χ4v) is 1.83. The summed E-state index contributed by atoms with van der Waals surface area (Å²) in [6.07, 6.45) is 0. The van der Waals surface area contributed by atoms with Gasteiger partial charge in [0, 0.05) is 0 Å². The summed E-state index contributed by atoms with van der Waals surface area (Å²) in [7, 11) is 0. The lowest BCUT2D eigenvalue weighted by molar-refractivity contribution is -0.123. The highest BCUT2D eigenvalue weighted by Gasteiger charge is 2.15. The van der Waals surface area contributed by atoms with E-state index in [0.717, 1.165) is 16.9 Å². The van der Waals surface area contributed by atoms with Gasteiger partial charge in [0.05, 0.1) is 0 Å². The Morgan fingerprint density at radius 1 is 1.22 bits per heavy atom. The summed E-state index contributed by atoms with van der Waals surface area (Å²) in [5.41, 5.74) is 4.30. The number of rotatable bonds is 5. The van der Waals surface area contributed by atoms with Gasteiger partial charge in [-0.05, 0) is 23.0 Å². The maximum atomic E-state index is 11.2. The largest absolute Gasteiger partial charge is 0.483 e. The van der Waals surface area contributed by atoms with Crippen molar-refractivity contribution in [2.45, 2.75) is 39.5 Å². The van der Waals surface area contributed by atoms with Crippen molar-refractivity contribution in [3.63, 3.8) is 0 Å².